The SMILES string of the molecule is CCS(=O)CCNC(=O)c1cc([N+](=O)[O-])ccc1NC. The second-order valence-electron chi connectivity index (χ2n) is 3.93. The Balaban J connectivity index is 2.82. The van der Waals surface area contributed by atoms with Crippen LogP contribution in [-0.2, 0) is 10.8 Å². The number of non-ortho nitro benzene ring substituents is 1. The topological polar surface area (TPSA) is 101 Å². The Hall–Kier alpha value is -1.96. The maximum absolute atomic E-state index is 12.0. The van der Waals surface area contributed by atoms with E-state index in [1.165, 1.54) is 18.2 Å². The fourth-order valence-electron chi connectivity index (χ4n) is 1.57. The minimum atomic E-state index is -0.957. The summed E-state index contributed by atoms with van der Waals surface area (Å²) >= 11 is 0. The number of hydrogen-bond donors (Lipinski definition) is 2. The van der Waals surface area contributed by atoms with Gasteiger partial charge in [0.25, 0.3) is 11.6 Å². The van der Waals surface area contributed by atoms with Gasteiger partial charge in [-0.1, -0.05) is 6.92 Å². The number of anilines is 1. The lowest BCUT2D eigenvalue weighted by atomic mass is 10.1. The normalized spacial score (nSPS) is 11.7. The quantitative estimate of drug-likeness (QED) is 0.580. The Labute approximate surface area is 119 Å². The third-order valence-electron chi connectivity index (χ3n) is 2.67. The van der Waals surface area contributed by atoms with Gasteiger partial charge < -0.3 is 10.6 Å². The van der Waals surface area contributed by atoms with Crippen molar-refractivity contribution in [3.8, 4) is 0 Å². The Kier molecular flexibility index (Phi) is 6.10. The lowest BCUT2D eigenvalue weighted by molar-refractivity contribution is -0.384. The molecule has 0 aliphatic heterocycles. The van der Waals surface area contributed by atoms with Crippen molar-refractivity contribution in [2.75, 3.05) is 30.4 Å². The van der Waals surface area contributed by atoms with Gasteiger partial charge in [0.1, 0.15) is 0 Å². The molecule has 0 saturated carbocycles. The lowest BCUT2D eigenvalue weighted by Gasteiger charge is -2.09. The van der Waals surface area contributed by atoms with E-state index in [1.807, 2.05) is 0 Å². The smallest absolute Gasteiger partial charge is 0.270 e. The van der Waals surface area contributed by atoms with E-state index in [0.29, 0.717) is 17.2 Å². The molecular weight excluding hydrogens is 282 g/mol. The van der Waals surface area contributed by atoms with Crippen LogP contribution in [0.4, 0.5) is 11.4 Å². The average molecular weight is 299 g/mol. The highest BCUT2D eigenvalue weighted by atomic mass is 32.2. The number of amides is 1. The van der Waals surface area contributed by atoms with Crippen molar-refractivity contribution in [2.45, 2.75) is 6.92 Å². The highest BCUT2D eigenvalue weighted by Crippen LogP contribution is 2.21. The van der Waals surface area contributed by atoms with Gasteiger partial charge in [0.05, 0.1) is 10.5 Å². The third-order valence-corrected chi connectivity index (χ3v) is 3.97. The fourth-order valence-corrected chi connectivity index (χ4v) is 2.19. The molecule has 1 unspecified atom stereocenters. The molecule has 8 heteroatoms. The number of carbonyl (C=O) groups is 1. The molecule has 0 aliphatic carbocycles. The molecule has 0 spiro atoms. The Morgan fingerprint density at radius 2 is 2.15 bits per heavy atom. The summed E-state index contributed by atoms with van der Waals surface area (Å²) in [5.74, 6) is 0.478. The zero-order valence-electron chi connectivity index (χ0n) is 11.3. The number of nitro groups is 1. The van der Waals surface area contributed by atoms with Gasteiger partial charge in [-0.3, -0.25) is 19.1 Å². The average Bonchev–Trinajstić information content (AvgIpc) is 2.45. The molecular formula is C12H17N3O4S. The predicted molar refractivity (Wildman–Crippen MR) is 78.5 cm³/mol. The van der Waals surface area contributed by atoms with E-state index >= 15 is 0 Å². The molecule has 2 N–H and O–H groups in total. The van der Waals surface area contributed by atoms with Gasteiger partial charge in [-0.25, -0.2) is 0 Å². The third kappa shape index (κ3) is 4.30. The zero-order chi connectivity index (χ0) is 15.1. The van der Waals surface area contributed by atoms with E-state index in [4.69, 9.17) is 0 Å². The van der Waals surface area contributed by atoms with Crippen LogP contribution in [0.1, 0.15) is 17.3 Å². The number of hydrogen-bond acceptors (Lipinski definition) is 5. The summed E-state index contributed by atoms with van der Waals surface area (Å²) in [6.45, 7) is 2.07. The Morgan fingerprint density at radius 1 is 1.45 bits per heavy atom. The van der Waals surface area contributed by atoms with Crippen LogP contribution in [0.15, 0.2) is 18.2 Å². The van der Waals surface area contributed by atoms with Gasteiger partial charge >= 0.3 is 0 Å². The van der Waals surface area contributed by atoms with E-state index in [2.05, 4.69) is 10.6 Å². The summed E-state index contributed by atoms with van der Waals surface area (Å²) in [5.41, 5.74) is 0.556. The van der Waals surface area contributed by atoms with Crippen LogP contribution in [-0.4, -0.2) is 40.1 Å². The molecule has 20 heavy (non-hydrogen) atoms. The van der Waals surface area contributed by atoms with Gasteiger partial charge in [0.15, 0.2) is 0 Å². The number of nitrogens with zero attached hydrogens (tertiary/aromatic N) is 1. The molecule has 1 rings (SSSR count). The summed E-state index contributed by atoms with van der Waals surface area (Å²) in [7, 11) is 0.672. The molecule has 0 saturated heterocycles. The molecule has 0 aliphatic rings. The predicted octanol–water partition coefficient (Wildman–Crippen LogP) is 1.13. The van der Waals surface area contributed by atoms with Crippen LogP contribution in [0.3, 0.4) is 0 Å². The zero-order valence-corrected chi connectivity index (χ0v) is 12.2. The van der Waals surface area contributed by atoms with Crippen molar-refractivity contribution in [3.05, 3.63) is 33.9 Å². The maximum Gasteiger partial charge on any atom is 0.270 e. The van der Waals surface area contributed by atoms with Gasteiger partial charge in [-0.15, -0.1) is 0 Å². The molecule has 0 bridgehead atoms. The minimum absolute atomic E-state index is 0.147. The van der Waals surface area contributed by atoms with Crippen LogP contribution in [0.25, 0.3) is 0 Å². The van der Waals surface area contributed by atoms with Crippen LogP contribution >= 0.6 is 0 Å². The van der Waals surface area contributed by atoms with Crippen LogP contribution in [0.2, 0.25) is 0 Å². The molecule has 7 nitrogen and oxygen atoms in total. The highest BCUT2D eigenvalue weighted by Gasteiger charge is 2.16. The highest BCUT2D eigenvalue weighted by molar-refractivity contribution is 7.84. The summed E-state index contributed by atoms with van der Waals surface area (Å²) in [4.78, 5) is 22.2. The van der Waals surface area contributed by atoms with Crippen molar-refractivity contribution in [1.82, 2.24) is 5.32 Å². The number of rotatable bonds is 7. The Morgan fingerprint density at radius 3 is 2.70 bits per heavy atom. The van der Waals surface area contributed by atoms with E-state index in [9.17, 15) is 19.1 Å². The fraction of sp³-hybridized carbons (Fsp3) is 0.417. The minimum Gasteiger partial charge on any atom is -0.387 e. The van der Waals surface area contributed by atoms with Crippen molar-refractivity contribution in [1.29, 1.82) is 0 Å². The largest absolute Gasteiger partial charge is 0.387 e. The first-order valence-electron chi connectivity index (χ1n) is 6.09. The molecule has 1 atom stereocenters. The van der Waals surface area contributed by atoms with Crippen molar-refractivity contribution in [3.63, 3.8) is 0 Å². The number of carbonyl (C=O) groups excluding carboxylic acids is 1. The van der Waals surface area contributed by atoms with Gasteiger partial charge in [0.2, 0.25) is 0 Å². The summed E-state index contributed by atoms with van der Waals surface area (Å²) < 4.78 is 11.3. The van der Waals surface area contributed by atoms with E-state index in [0.717, 1.165) is 0 Å². The standard InChI is InChI=1S/C12H17N3O4S/c1-3-20(19)7-6-14-12(16)10-8-9(15(17)18)4-5-11(10)13-2/h4-5,8,13H,3,6-7H2,1-2H3,(H,14,16). The van der Waals surface area contributed by atoms with Gasteiger partial charge in [-0.05, 0) is 6.07 Å². The van der Waals surface area contributed by atoms with Crippen molar-refractivity contribution >= 4 is 28.1 Å². The molecule has 1 aromatic rings. The summed E-state index contributed by atoms with van der Waals surface area (Å²) in [6, 6.07) is 4.03. The molecule has 1 aromatic carbocycles. The molecule has 110 valence electrons. The molecule has 0 fully saturated rings. The van der Waals surface area contributed by atoms with Crippen LogP contribution in [0, 0.1) is 10.1 Å². The van der Waals surface area contributed by atoms with Crippen molar-refractivity contribution < 1.29 is 13.9 Å². The number of nitro benzene ring substituents is 1. The number of benzene rings is 1. The lowest BCUT2D eigenvalue weighted by Crippen LogP contribution is -2.28. The molecule has 0 radical (unpaired) electrons. The molecule has 0 heterocycles. The van der Waals surface area contributed by atoms with E-state index in [-0.39, 0.29) is 17.8 Å². The molecule has 0 aromatic heterocycles. The maximum atomic E-state index is 12.0. The first kappa shape index (κ1) is 16.1. The number of nitrogens with one attached hydrogen (secondary N) is 2. The first-order chi connectivity index (χ1) is 9.49. The van der Waals surface area contributed by atoms with Crippen LogP contribution in [0.5, 0.6) is 0 Å². The first-order valence-corrected chi connectivity index (χ1v) is 7.57. The van der Waals surface area contributed by atoms with Gasteiger partial charge in [-0.2, -0.15) is 0 Å². The summed E-state index contributed by atoms with van der Waals surface area (Å²) in [5, 5.41) is 16.2. The van der Waals surface area contributed by atoms with Crippen molar-refractivity contribution in [2.24, 2.45) is 0 Å². The monoisotopic (exact) mass is 299 g/mol. The molecule has 1 amide bonds. The van der Waals surface area contributed by atoms with Gasteiger partial charge in [0, 0.05) is 53.7 Å². The second-order valence-corrected chi connectivity index (χ2v) is 5.79. The second kappa shape index (κ2) is 7.59. The summed E-state index contributed by atoms with van der Waals surface area (Å²) in [6.07, 6.45) is 0. The van der Waals surface area contributed by atoms with E-state index < -0.39 is 21.6 Å². The van der Waals surface area contributed by atoms with E-state index in [1.54, 1.807) is 14.0 Å². The van der Waals surface area contributed by atoms with Crippen LogP contribution < -0.4 is 10.6 Å². The Bertz CT molecular complexity index is 533.